The molecule has 1 atom stereocenters. The number of aromatic nitrogens is 2. The summed E-state index contributed by atoms with van der Waals surface area (Å²) in [7, 11) is 0. The van der Waals surface area contributed by atoms with Gasteiger partial charge in [-0.15, -0.1) is 0 Å². The van der Waals surface area contributed by atoms with Crippen LogP contribution in [0, 0.1) is 12.8 Å². The van der Waals surface area contributed by atoms with Crippen LogP contribution in [0.2, 0.25) is 0 Å². The zero-order chi connectivity index (χ0) is 15.5. The van der Waals surface area contributed by atoms with Crippen molar-refractivity contribution in [3.8, 4) is 0 Å². The van der Waals surface area contributed by atoms with Crippen molar-refractivity contribution < 1.29 is 0 Å². The van der Waals surface area contributed by atoms with Crippen molar-refractivity contribution in [1.82, 2.24) is 9.97 Å². The summed E-state index contributed by atoms with van der Waals surface area (Å²) in [5.74, 6) is 2.20. The van der Waals surface area contributed by atoms with Gasteiger partial charge in [-0.25, -0.2) is 9.97 Å². The van der Waals surface area contributed by atoms with Crippen LogP contribution < -0.4 is 16.0 Å². The number of hydrogen-bond donors (Lipinski definition) is 2. The Hall–Kier alpha value is -2.30. The third kappa shape index (κ3) is 2.98. The number of para-hydroxylation sites is 1. The van der Waals surface area contributed by atoms with E-state index >= 15 is 0 Å². The normalized spacial score (nSPS) is 18.3. The molecule has 3 N–H and O–H groups in total. The predicted octanol–water partition coefficient (Wildman–Crippen LogP) is 3.35. The van der Waals surface area contributed by atoms with Crippen molar-refractivity contribution in [2.24, 2.45) is 5.92 Å². The van der Waals surface area contributed by atoms with Gasteiger partial charge in [0.05, 0.1) is 0 Å². The van der Waals surface area contributed by atoms with Gasteiger partial charge in [0.15, 0.2) is 11.6 Å². The quantitative estimate of drug-likeness (QED) is 0.909. The van der Waals surface area contributed by atoms with Crippen molar-refractivity contribution in [1.29, 1.82) is 0 Å². The Kier molecular flexibility index (Phi) is 4.13. The highest BCUT2D eigenvalue weighted by Crippen LogP contribution is 2.31. The molecule has 0 amide bonds. The van der Waals surface area contributed by atoms with Crippen LogP contribution in [-0.4, -0.2) is 23.1 Å². The Labute approximate surface area is 131 Å². The lowest BCUT2D eigenvalue weighted by Crippen LogP contribution is -2.35. The molecule has 116 valence electrons. The van der Waals surface area contributed by atoms with Gasteiger partial charge in [-0.3, -0.25) is 0 Å². The molecule has 2 heterocycles. The SMILES string of the molecule is Cc1ccccc1Nc1ncnc(N2CCCC(C)C2)c1N. The van der Waals surface area contributed by atoms with E-state index in [1.807, 2.05) is 18.2 Å². The molecule has 1 aromatic carbocycles. The van der Waals surface area contributed by atoms with E-state index < -0.39 is 0 Å². The van der Waals surface area contributed by atoms with Gasteiger partial charge < -0.3 is 16.0 Å². The third-order valence-corrected chi connectivity index (χ3v) is 4.22. The van der Waals surface area contributed by atoms with Gasteiger partial charge in [0.25, 0.3) is 0 Å². The highest BCUT2D eigenvalue weighted by Gasteiger charge is 2.21. The second-order valence-electron chi connectivity index (χ2n) is 6.09. The molecule has 1 fully saturated rings. The average molecular weight is 297 g/mol. The molecular formula is C17H23N5. The van der Waals surface area contributed by atoms with Crippen molar-refractivity contribution in [3.05, 3.63) is 36.2 Å². The van der Waals surface area contributed by atoms with Gasteiger partial charge in [-0.05, 0) is 37.3 Å². The summed E-state index contributed by atoms with van der Waals surface area (Å²) in [5.41, 5.74) is 9.13. The molecule has 22 heavy (non-hydrogen) atoms. The fourth-order valence-electron chi connectivity index (χ4n) is 2.96. The second kappa shape index (κ2) is 6.22. The van der Waals surface area contributed by atoms with Gasteiger partial charge >= 0.3 is 0 Å². The molecule has 1 aliphatic rings. The van der Waals surface area contributed by atoms with Crippen LogP contribution in [0.25, 0.3) is 0 Å². The summed E-state index contributed by atoms with van der Waals surface area (Å²) in [5, 5.41) is 3.33. The molecule has 5 nitrogen and oxygen atoms in total. The average Bonchev–Trinajstić information content (AvgIpc) is 2.51. The van der Waals surface area contributed by atoms with Crippen LogP contribution in [0.15, 0.2) is 30.6 Å². The van der Waals surface area contributed by atoms with E-state index in [1.54, 1.807) is 6.33 Å². The van der Waals surface area contributed by atoms with Crippen LogP contribution in [0.1, 0.15) is 25.3 Å². The molecule has 1 unspecified atom stereocenters. The molecule has 1 saturated heterocycles. The summed E-state index contributed by atoms with van der Waals surface area (Å²) in [6, 6.07) is 8.11. The molecule has 0 saturated carbocycles. The summed E-state index contributed by atoms with van der Waals surface area (Å²) >= 11 is 0. The minimum absolute atomic E-state index is 0.625. The minimum Gasteiger partial charge on any atom is -0.393 e. The first kappa shape index (κ1) is 14.6. The number of nitrogens with one attached hydrogen (secondary N) is 1. The zero-order valence-corrected chi connectivity index (χ0v) is 13.2. The lowest BCUT2D eigenvalue weighted by atomic mass is 10.0. The molecule has 0 spiro atoms. The number of piperidine rings is 1. The van der Waals surface area contributed by atoms with Crippen molar-refractivity contribution in [3.63, 3.8) is 0 Å². The van der Waals surface area contributed by atoms with Crippen LogP contribution in [0.5, 0.6) is 0 Å². The lowest BCUT2D eigenvalue weighted by Gasteiger charge is -2.32. The van der Waals surface area contributed by atoms with Crippen LogP contribution >= 0.6 is 0 Å². The van der Waals surface area contributed by atoms with Gasteiger partial charge in [0.2, 0.25) is 0 Å². The molecule has 1 aliphatic heterocycles. The Morgan fingerprint density at radius 2 is 2.09 bits per heavy atom. The van der Waals surface area contributed by atoms with Gasteiger partial charge in [-0.1, -0.05) is 25.1 Å². The van der Waals surface area contributed by atoms with E-state index in [-0.39, 0.29) is 0 Å². The monoisotopic (exact) mass is 297 g/mol. The first-order valence-electron chi connectivity index (χ1n) is 7.83. The number of anilines is 4. The van der Waals surface area contributed by atoms with E-state index in [0.717, 1.165) is 30.2 Å². The van der Waals surface area contributed by atoms with Gasteiger partial charge in [0.1, 0.15) is 12.0 Å². The molecular weight excluding hydrogens is 274 g/mol. The van der Waals surface area contributed by atoms with E-state index in [4.69, 9.17) is 5.73 Å². The van der Waals surface area contributed by atoms with Crippen molar-refractivity contribution in [2.75, 3.05) is 29.0 Å². The molecule has 1 aromatic heterocycles. The molecule has 0 aliphatic carbocycles. The van der Waals surface area contributed by atoms with Gasteiger partial charge in [-0.2, -0.15) is 0 Å². The van der Waals surface area contributed by atoms with E-state index in [9.17, 15) is 0 Å². The number of rotatable bonds is 3. The Morgan fingerprint density at radius 3 is 2.86 bits per heavy atom. The van der Waals surface area contributed by atoms with Crippen molar-refractivity contribution in [2.45, 2.75) is 26.7 Å². The topological polar surface area (TPSA) is 67.1 Å². The molecule has 0 bridgehead atoms. The Morgan fingerprint density at radius 1 is 1.27 bits per heavy atom. The first-order chi connectivity index (χ1) is 10.6. The predicted molar refractivity (Wildman–Crippen MR) is 91.5 cm³/mol. The Bertz CT molecular complexity index is 655. The molecule has 5 heteroatoms. The highest BCUT2D eigenvalue weighted by molar-refractivity contribution is 5.78. The lowest BCUT2D eigenvalue weighted by molar-refractivity contribution is 0.445. The minimum atomic E-state index is 0.625. The number of benzene rings is 1. The molecule has 0 radical (unpaired) electrons. The van der Waals surface area contributed by atoms with Crippen molar-refractivity contribution >= 4 is 23.0 Å². The van der Waals surface area contributed by atoms with Gasteiger partial charge in [0, 0.05) is 18.8 Å². The maximum Gasteiger partial charge on any atom is 0.159 e. The summed E-state index contributed by atoms with van der Waals surface area (Å²) in [4.78, 5) is 11.0. The largest absolute Gasteiger partial charge is 0.393 e. The number of nitrogens with two attached hydrogens (primary N) is 1. The van der Waals surface area contributed by atoms with E-state index in [1.165, 1.54) is 12.8 Å². The number of nitrogens with zero attached hydrogens (tertiary/aromatic N) is 3. The summed E-state index contributed by atoms with van der Waals surface area (Å²) < 4.78 is 0. The third-order valence-electron chi connectivity index (χ3n) is 4.22. The van der Waals surface area contributed by atoms with E-state index in [2.05, 4.69) is 40.1 Å². The second-order valence-corrected chi connectivity index (χ2v) is 6.09. The Balaban J connectivity index is 1.87. The van der Waals surface area contributed by atoms with Crippen LogP contribution in [0.4, 0.5) is 23.0 Å². The fourth-order valence-corrected chi connectivity index (χ4v) is 2.96. The fraction of sp³-hybridized carbons (Fsp3) is 0.412. The maximum atomic E-state index is 6.33. The van der Waals surface area contributed by atoms with E-state index in [0.29, 0.717) is 17.4 Å². The maximum absolute atomic E-state index is 6.33. The summed E-state index contributed by atoms with van der Waals surface area (Å²) in [6.07, 6.45) is 4.05. The smallest absolute Gasteiger partial charge is 0.159 e. The first-order valence-corrected chi connectivity index (χ1v) is 7.83. The highest BCUT2D eigenvalue weighted by atomic mass is 15.2. The summed E-state index contributed by atoms with van der Waals surface area (Å²) in [6.45, 7) is 6.35. The van der Waals surface area contributed by atoms with Crippen LogP contribution in [0.3, 0.4) is 0 Å². The standard InChI is InChI=1S/C17H23N5/c1-12-6-5-9-22(10-12)17-15(18)16(19-11-20-17)21-14-8-4-3-7-13(14)2/h3-4,7-8,11-12H,5-6,9-10,18H2,1-2H3,(H,19,20,21). The van der Waals surface area contributed by atoms with Crippen LogP contribution in [-0.2, 0) is 0 Å². The number of hydrogen-bond acceptors (Lipinski definition) is 5. The number of nitrogen functional groups attached to an aromatic ring is 1. The molecule has 2 aromatic rings. The zero-order valence-electron chi connectivity index (χ0n) is 13.2. The number of aryl methyl sites for hydroxylation is 1. The molecule has 3 rings (SSSR count).